The molecule has 0 spiro atoms. The van der Waals surface area contributed by atoms with Crippen LogP contribution in [0.5, 0.6) is 0 Å². The van der Waals surface area contributed by atoms with E-state index in [1.807, 2.05) is 24.3 Å². The van der Waals surface area contributed by atoms with Gasteiger partial charge in [-0.25, -0.2) is 0 Å². The Labute approximate surface area is 168 Å². The molecule has 27 heavy (non-hydrogen) atoms. The van der Waals surface area contributed by atoms with E-state index in [0.29, 0.717) is 0 Å². The quantitative estimate of drug-likeness (QED) is 0.222. The lowest BCUT2D eigenvalue weighted by atomic mass is 10.0. The Morgan fingerprint density at radius 1 is 0.741 bits per heavy atom. The van der Waals surface area contributed by atoms with Crippen LogP contribution in [0.15, 0.2) is 30.3 Å². The van der Waals surface area contributed by atoms with Gasteiger partial charge in [0, 0.05) is 18.3 Å². The van der Waals surface area contributed by atoms with Crippen LogP contribution in [0.25, 0.3) is 6.08 Å². The van der Waals surface area contributed by atoms with Gasteiger partial charge in [-0.3, -0.25) is 0 Å². The average Bonchev–Trinajstić information content (AvgIpc) is 2.70. The fraction of sp³-hybridized carbons (Fsp3) is 0.640. The SMILES string of the molecule is CCCCCCCCCCCCCCCCNc1ccc(C=CC#N)cc1. The molecule has 0 fully saturated rings. The van der Waals surface area contributed by atoms with Gasteiger partial charge in [-0.15, -0.1) is 0 Å². The van der Waals surface area contributed by atoms with Crippen LogP contribution >= 0.6 is 0 Å². The molecule has 1 aromatic carbocycles. The van der Waals surface area contributed by atoms with E-state index >= 15 is 0 Å². The molecule has 0 saturated carbocycles. The van der Waals surface area contributed by atoms with Gasteiger partial charge in [0.05, 0.1) is 6.07 Å². The Balaban J connectivity index is 1.85. The van der Waals surface area contributed by atoms with Crippen molar-refractivity contribution >= 4 is 11.8 Å². The van der Waals surface area contributed by atoms with Crippen molar-refractivity contribution < 1.29 is 0 Å². The molecule has 1 aromatic rings. The summed E-state index contributed by atoms with van der Waals surface area (Å²) in [6, 6.07) is 10.3. The Morgan fingerprint density at radius 3 is 1.70 bits per heavy atom. The minimum absolute atomic E-state index is 1.05. The zero-order valence-corrected chi connectivity index (χ0v) is 17.5. The van der Waals surface area contributed by atoms with Crippen LogP contribution in [0.2, 0.25) is 0 Å². The summed E-state index contributed by atoms with van der Waals surface area (Å²) in [6.07, 6.45) is 23.0. The first kappa shape index (κ1) is 23.3. The molecule has 0 amide bonds. The number of hydrogen-bond donors (Lipinski definition) is 1. The van der Waals surface area contributed by atoms with E-state index in [9.17, 15) is 0 Å². The maximum absolute atomic E-state index is 8.54. The molecule has 0 saturated heterocycles. The third kappa shape index (κ3) is 14.0. The van der Waals surface area contributed by atoms with Crippen LogP contribution in [0, 0.1) is 11.3 Å². The summed E-state index contributed by atoms with van der Waals surface area (Å²) in [5.74, 6) is 0. The summed E-state index contributed by atoms with van der Waals surface area (Å²) in [5, 5.41) is 12.0. The van der Waals surface area contributed by atoms with Crippen LogP contribution in [0.3, 0.4) is 0 Å². The molecule has 0 bridgehead atoms. The van der Waals surface area contributed by atoms with Crippen molar-refractivity contribution in [3.8, 4) is 6.07 Å². The molecular formula is C25H40N2. The van der Waals surface area contributed by atoms with E-state index in [1.165, 1.54) is 102 Å². The molecule has 150 valence electrons. The van der Waals surface area contributed by atoms with Gasteiger partial charge in [0.15, 0.2) is 0 Å². The van der Waals surface area contributed by atoms with Crippen molar-refractivity contribution in [1.82, 2.24) is 0 Å². The summed E-state index contributed by atoms with van der Waals surface area (Å²) >= 11 is 0. The summed E-state index contributed by atoms with van der Waals surface area (Å²) in [4.78, 5) is 0. The first-order valence-corrected chi connectivity index (χ1v) is 11.3. The van der Waals surface area contributed by atoms with Gasteiger partial charge < -0.3 is 5.32 Å². The van der Waals surface area contributed by atoms with Gasteiger partial charge in [-0.05, 0) is 30.2 Å². The highest BCUT2D eigenvalue weighted by Gasteiger charge is 1.95. The fourth-order valence-corrected chi connectivity index (χ4v) is 3.40. The van der Waals surface area contributed by atoms with E-state index in [2.05, 4.69) is 24.4 Å². The monoisotopic (exact) mass is 368 g/mol. The van der Waals surface area contributed by atoms with Gasteiger partial charge >= 0.3 is 0 Å². The summed E-state index contributed by atoms with van der Waals surface area (Å²) in [6.45, 7) is 3.33. The number of nitriles is 1. The topological polar surface area (TPSA) is 35.8 Å². The van der Waals surface area contributed by atoms with Crippen LogP contribution < -0.4 is 5.32 Å². The van der Waals surface area contributed by atoms with E-state index in [-0.39, 0.29) is 0 Å². The minimum atomic E-state index is 1.05. The predicted molar refractivity (Wildman–Crippen MR) is 120 cm³/mol. The second kappa shape index (κ2) is 17.7. The summed E-state index contributed by atoms with van der Waals surface area (Å²) in [7, 11) is 0. The third-order valence-electron chi connectivity index (χ3n) is 5.12. The highest BCUT2D eigenvalue weighted by molar-refractivity contribution is 5.56. The van der Waals surface area contributed by atoms with Gasteiger partial charge in [0.1, 0.15) is 0 Å². The number of nitrogens with zero attached hydrogens (tertiary/aromatic N) is 1. The molecule has 0 aromatic heterocycles. The normalized spacial score (nSPS) is 11.0. The van der Waals surface area contributed by atoms with Gasteiger partial charge in [0.25, 0.3) is 0 Å². The van der Waals surface area contributed by atoms with E-state index < -0.39 is 0 Å². The molecule has 0 aliphatic heterocycles. The summed E-state index contributed by atoms with van der Waals surface area (Å²) in [5.41, 5.74) is 2.23. The molecular weight excluding hydrogens is 328 g/mol. The van der Waals surface area contributed by atoms with E-state index in [4.69, 9.17) is 5.26 Å². The molecule has 1 N–H and O–H groups in total. The predicted octanol–water partition coefficient (Wildman–Crippen LogP) is 8.12. The van der Waals surface area contributed by atoms with Crippen molar-refractivity contribution in [2.24, 2.45) is 0 Å². The van der Waals surface area contributed by atoms with E-state index in [0.717, 1.165) is 12.1 Å². The van der Waals surface area contributed by atoms with Gasteiger partial charge in [-0.2, -0.15) is 5.26 Å². The third-order valence-corrected chi connectivity index (χ3v) is 5.12. The van der Waals surface area contributed by atoms with Crippen molar-refractivity contribution in [2.75, 3.05) is 11.9 Å². The van der Waals surface area contributed by atoms with Crippen LogP contribution in [-0.2, 0) is 0 Å². The Morgan fingerprint density at radius 2 is 1.22 bits per heavy atom. The number of unbranched alkanes of at least 4 members (excludes halogenated alkanes) is 13. The minimum Gasteiger partial charge on any atom is -0.385 e. The Kier molecular flexibility index (Phi) is 15.2. The molecule has 0 heterocycles. The van der Waals surface area contributed by atoms with Gasteiger partial charge in [-0.1, -0.05) is 103 Å². The second-order valence-electron chi connectivity index (χ2n) is 7.61. The number of nitrogens with one attached hydrogen (secondary N) is 1. The van der Waals surface area contributed by atoms with Crippen molar-refractivity contribution in [3.05, 3.63) is 35.9 Å². The average molecular weight is 369 g/mol. The lowest BCUT2D eigenvalue weighted by Gasteiger charge is -2.07. The highest BCUT2D eigenvalue weighted by atomic mass is 14.9. The molecule has 0 atom stereocenters. The first-order chi connectivity index (χ1) is 13.4. The second-order valence-corrected chi connectivity index (χ2v) is 7.61. The smallest absolute Gasteiger partial charge is 0.0912 e. The largest absolute Gasteiger partial charge is 0.385 e. The first-order valence-electron chi connectivity index (χ1n) is 11.3. The lowest BCUT2D eigenvalue weighted by molar-refractivity contribution is 0.537. The molecule has 0 radical (unpaired) electrons. The number of hydrogen-bond acceptors (Lipinski definition) is 2. The maximum atomic E-state index is 8.54. The van der Waals surface area contributed by atoms with Crippen molar-refractivity contribution in [1.29, 1.82) is 5.26 Å². The van der Waals surface area contributed by atoms with Crippen LogP contribution in [0.4, 0.5) is 5.69 Å². The number of benzene rings is 1. The number of rotatable bonds is 17. The Bertz CT molecular complexity index is 510. The number of anilines is 1. The zero-order chi connectivity index (χ0) is 19.4. The van der Waals surface area contributed by atoms with Crippen LogP contribution in [-0.4, -0.2) is 6.54 Å². The molecule has 2 heteroatoms. The lowest BCUT2D eigenvalue weighted by Crippen LogP contribution is -2.01. The molecule has 0 aliphatic rings. The summed E-state index contributed by atoms with van der Waals surface area (Å²) < 4.78 is 0. The molecule has 1 rings (SSSR count). The standard InChI is InChI=1S/C25H40N2/c1-2-3-4-5-6-7-8-9-10-11-12-13-14-15-23-27-25-20-18-24(19-21-25)17-16-22-26/h16-21,27H,2-15,23H2,1H3. The highest BCUT2D eigenvalue weighted by Crippen LogP contribution is 2.14. The fourth-order valence-electron chi connectivity index (χ4n) is 3.40. The Hall–Kier alpha value is -1.75. The molecule has 0 aliphatic carbocycles. The van der Waals surface area contributed by atoms with Crippen molar-refractivity contribution in [3.63, 3.8) is 0 Å². The van der Waals surface area contributed by atoms with E-state index in [1.54, 1.807) is 0 Å². The zero-order valence-electron chi connectivity index (χ0n) is 17.5. The number of allylic oxidation sites excluding steroid dienone is 1. The van der Waals surface area contributed by atoms with Crippen LogP contribution in [0.1, 0.15) is 102 Å². The van der Waals surface area contributed by atoms with Crippen molar-refractivity contribution in [2.45, 2.75) is 96.8 Å². The molecule has 0 unspecified atom stereocenters. The molecule has 2 nitrogen and oxygen atoms in total. The van der Waals surface area contributed by atoms with Gasteiger partial charge in [0.2, 0.25) is 0 Å². The maximum Gasteiger partial charge on any atom is 0.0912 e.